The molecule has 1 aliphatic heterocycles. The molecule has 1 aliphatic rings. The van der Waals surface area contributed by atoms with E-state index in [4.69, 9.17) is 4.42 Å². The molecule has 0 bridgehead atoms. The van der Waals surface area contributed by atoms with E-state index >= 15 is 0 Å². The first-order valence-corrected chi connectivity index (χ1v) is 8.53. The minimum atomic E-state index is -0.201. The first-order chi connectivity index (χ1) is 12.5. The third-order valence-corrected chi connectivity index (χ3v) is 4.41. The minimum Gasteiger partial charge on any atom is -0.467 e. The summed E-state index contributed by atoms with van der Waals surface area (Å²) in [4.78, 5) is 39.7. The lowest BCUT2D eigenvalue weighted by Crippen LogP contribution is -2.50. The Morgan fingerprint density at radius 1 is 1.08 bits per heavy atom. The molecule has 0 unspecified atom stereocenters. The third kappa shape index (κ3) is 4.14. The molecular formula is C18H22N4O4. The Bertz CT molecular complexity index is 773. The summed E-state index contributed by atoms with van der Waals surface area (Å²) in [5.41, 5.74) is 0.467. The van der Waals surface area contributed by atoms with Crippen molar-refractivity contribution in [1.29, 1.82) is 0 Å². The molecule has 26 heavy (non-hydrogen) atoms. The van der Waals surface area contributed by atoms with Crippen molar-refractivity contribution in [2.45, 2.75) is 20.0 Å². The molecule has 1 N–H and O–H groups in total. The number of hydrogen-bond acceptors (Lipinski definition) is 4. The van der Waals surface area contributed by atoms with Crippen LogP contribution in [0, 0.1) is 0 Å². The van der Waals surface area contributed by atoms with Crippen molar-refractivity contribution in [2.24, 2.45) is 0 Å². The molecule has 2 aromatic rings. The summed E-state index contributed by atoms with van der Waals surface area (Å²) in [7, 11) is 0. The minimum absolute atomic E-state index is 0.0219. The maximum absolute atomic E-state index is 12.7. The lowest BCUT2D eigenvalue weighted by Gasteiger charge is -2.34. The van der Waals surface area contributed by atoms with Crippen molar-refractivity contribution in [1.82, 2.24) is 19.7 Å². The average molecular weight is 358 g/mol. The summed E-state index contributed by atoms with van der Waals surface area (Å²) < 4.78 is 6.81. The van der Waals surface area contributed by atoms with Crippen molar-refractivity contribution in [2.75, 3.05) is 26.2 Å². The van der Waals surface area contributed by atoms with Gasteiger partial charge >= 0.3 is 0 Å². The molecule has 3 amide bonds. The monoisotopic (exact) mass is 358 g/mol. The van der Waals surface area contributed by atoms with Crippen LogP contribution in [0.3, 0.4) is 0 Å². The molecule has 8 heteroatoms. The van der Waals surface area contributed by atoms with Gasteiger partial charge in [0, 0.05) is 39.3 Å². The molecule has 0 aromatic carbocycles. The third-order valence-electron chi connectivity index (χ3n) is 4.41. The summed E-state index contributed by atoms with van der Waals surface area (Å²) in [6, 6.07) is 7.00. The summed E-state index contributed by atoms with van der Waals surface area (Å²) in [6.07, 6.45) is 3.27. The molecule has 0 radical (unpaired) electrons. The predicted octanol–water partition coefficient (Wildman–Crippen LogP) is 0.702. The van der Waals surface area contributed by atoms with Crippen LogP contribution in [0.25, 0.3) is 0 Å². The zero-order valence-electron chi connectivity index (χ0n) is 14.7. The van der Waals surface area contributed by atoms with Gasteiger partial charge in [-0.2, -0.15) is 0 Å². The molecule has 0 saturated carbocycles. The topological polar surface area (TPSA) is 87.8 Å². The number of amides is 3. The van der Waals surface area contributed by atoms with E-state index in [-0.39, 0.29) is 24.3 Å². The highest BCUT2D eigenvalue weighted by atomic mass is 16.3. The van der Waals surface area contributed by atoms with Crippen molar-refractivity contribution in [3.05, 3.63) is 48.2 Å². The fraction of sp³-hybridized carbons (Fsp3) is 0.389. The summed E-state index contributed by atoms with van der Waals surface area (Å²) in [5.74, 6) is 0.365. The number of carbonyl (C=O) groups is 3. The van der Waals surface area contributed by atoms with Gasteiger partial charge in [-0.1, -0.05) is 0 Å². The molecule has 8 nitrogen and oxygen atoms in total. The average Bonchev–Trinajstić information content (AvgIpc) is 3.31. The summed E-state index contributed by atoms with van der Waals surface area (Å²) in [6.45, 7) is 3.95. The number of rotatable bonds is 5. The fourth-order valence-electron chi connectivity index (χ4n) is 2.94. The summed E-state index contributed by atoms with van der Waals surface area (Å²) in [5, 5.41) is 2.76. The van der Waals surface area contributed by atoms with Gasteiger partial charge in [-0.25, -0.2) is 0 Å². The molecular weight excluding hydrogens is 336 g/mol. The van der Waals surface area contributed by atoms with Crippen LogP contribution in [-0.4, -0.2) is 58.3 Å². The lowest BCUT2D eigenvalue weighted by atomic mass is 10.2. The normalized spacial score (nSPS) is 14.3. The van der Waals surface area contributed by atoms with Gasteiger partial charge in [0.2, 0.25) is 11.8 Å². The fourth-order valence-corrected chi connectivity index (χ4v) is 2.94. The number of furan rings is 1. The van der Waals surface area contributed by atoms with E-state index in [0.29, 0.717) is 44.2 Å². The molecule has 138 valence electrons. The van der Waals surface area contributed by atoms with E-state index in [0.717, 1.165) is 0 Å². The van der Waals surface area contributed by atoms with Gasteiger partial charge in [-0.15, -0.1) is 0 Å². The van der Waals surface area contributed by atoms with Crippen LogP contribution in [0.1, 0.15) is 23.2 Å². The molecule has 1 saturated heterocycles. The van der Waals surface area contributed by atoms with Gasteiger partial charge in [0.15, 0.2) is 0 Å². The highest BCUT2D eigenvalue weighted by Gasteiger charge is 2.25. The zero-order chi connectivity index (χ0) is 18.5. The number of piperazine rings is 1. The van der Waals surface area contributed by atoms with Crippen molar-refractivity contribution < 1.29 is 18.8 Å². The smallest absolute Gasteiger partial charge is 0.270 e. The molecule has 2 aromatic heterocycles. The van der Waals surface area contributed by atoms with E-state index in [2.05, 4.69) is 5.32 Å². The van der Waals surface area contributed by atoms with E-state index in [1.807, 2.05) is 0 Å². The number of aromatic nitrogens is 1. The molecule has 0 spiro atoms. The van der Waals surface area contributed by atoms with Crippen molar-refractivity contribution >= 4 is 17.7 Å². The predicted molar refractivity (Wildman–Crippen MR) is 93.1 cm³/mol. The number of carbonyl (C=O) groups excluding carboxylic acids is 3. The second kappa shape index (κ2) is 7.90. The van der Waals surface area contributed by atoms with E-state index in [9.17, 15) is 14.4 Å². The van der Waals surface area contributed by atoms with Gasteiger partial charge in [0.05, 0.1) is 12.8 Å². The van der Waals surface area contributed by atoms with Gasteiger partial charge in [-0.05, 0) is 24.3 Å². The molecule has 0 aliphatic carbocycles. The SMILES string of the molecule is CC(=O)N1CCN(C(=O)c2cccn2CC(=O)NCc2ccco2)CC1. The van der Waals surface area contributed by atoms with Crippen molar-refractivity contribution in [3.8, 4) is 0 Å². The van der Waals surface area contributed by atoms with Crippen LogP contribution < -0.4 is 5.32 Å². The zero-order valence-corrected chi connectivity index (χ0v) is 14.7. The Kier molecular flexibility index (Phi) is 5.40. The second-order valence-corrected chi connectivity index (χ2v) is 6.18. The first-order valence-electron chi connectivity index (χ1n) is 8.53. The molecule has 1 fully saturated rings. The Hall–Kier alpha value is -3.03. The van der Waals surface area contributed by atoms with Crippen LogP contribution in [0.5, 0.6) is 0 Å². The highest BCUT2D eigenvalue weighted by molar-refractivity contribution is 5.93. The Labute approximate surface area is 151 Å². The van der Waals surface area contributed by atoms with E-state index in [1.54, 1.807) is 51.1 Å². The largest absolute Gasteiger partial charge is 0.467 e. The van der Waals surface area contributed by atoms with Crippen LogP contribution >= 0.6 is 0 Å². The molecule has 0 atom stereocenters. The van der Waals surface area contributed by atoms with E-state index in [1.165, 1.54) is 6.92 Å². The lowest BCUT2D eigenvalue weighted by molar-refractivity contribution is -0.130. The van der Waals surface area contributed by atoms with Gasteiger partial charge in [0.1, 0.15) is 18.0 Å². The Morgan fingerprint density at radius 2 is 1.81 bits per heavy atom. The highest BCUT2D eigenvalue weighted by Crippen LogP contribution is 2.10. The first kappa shape index (κ1) is 17.8. The maximum atomic E-state index is 12.7. The van der Waals surface area contributed by atoms with Crippen LogP contribution in [0.4, 0.5) is 0 Å². The number of nitrogens with zero attached hydrogens (tertiary/aromatic N) is 3. The Morgan fingerprint density at radius 3 is 2.46 bits per heavy atom. The number of hydrogen-bond donors (Lipinski definition) is 1. The number of nitrogens with one attached hydrogen (secondary N) is 1. The van der Waals surface area contributed by atoms with Crippen LogP contribution in [0.15, 0.2) is 41.1 Å². The maximum Gasteiger partial charge on any atom is 0.270 e. The Balaban J connectivity index is 1.56. The molecule has 3 rings (SSSR count). The summed E-state index contributed by atoms with van der Waals surface area (Å²) >= 11 is 0. The molecule has 3 heterocycles. The van der Waals surface area contributed by atoms with Gasteiger partial charge in [-0.3, -0.25) is 14.4 Å². The van der Waals surface area contributed by atoms with E-state index < -0.39 is 0 Å². The quantitative estimate of drug-likeness (QED) is 0.852. The van der Waals surface area contributed by atoms with Gasteiger partial charge < -0.3 is 24.1 Å². The second-order valence-electron chi connectivity index (χ2n) is 6.18. The van der Waals surface area contributed by atoms with Crippen LogP contribution in [0.2, 0.25) is 0 Å². The van der Waals surface area contributed by atoms with Crippen LogP contribution in [-0.2, 0) is 22.7 Å². The van der Waals surface area contributed by atoms with Gasteiger partial charge in [0.25, 0.3) is 5.91 Å². The van der Waals surface area contributed by atoms with Crippen molar-refractivity contribution in [3.63, 3.8) is 0 Å². The standard InChI is InChI=1S/C18H22N4O4/c1-14(23)20-7-9-21(10-8-20)18(25)16-5-2-6-22(16)13-17(24)19-12-15-4-3-11-26-15/h2-6,11H,7-10,12-13H2,1H3,(H,19,24).